The van der Waals surface area contributed by atoms with Crippen LogP contribution in [0.3, 0.4) is 0 Å². The fraction of sp³-hybridized carbons (Fsp3) is 0.765. The molecule has 0 bridgehead atoms. The number of aliphatic hydroxyl groups is 2. The summed E-state index contributed by atoms with van der Waals surface area (Å²) in [6, 6.07) is 2.06. The molecule has 128 valence electrons. The van der Waals surface area contributed by atoms with Gasteiger partial charge in [-0.05, 0) is 40.5 Å². The van der Waals surface area contributed by atoms with Crippen molar-refractivity contribution in [2.75, 3.05) is 31.1 Å². The van der Waals surface area contributed by atoms with E-state index in [0.29, 0.717) is 13.1 Å². The average molecular weight is 320 g/mol. The SMILES string of the molecule is Cc1cc(N2CCC(C)(O)C2)nc(C(C)N2CCC(C)(O)C2)n1. The van der Waals surface area contributed by atoms with E-state index in [0.717, 1.165) is 43.3 Å². The maximum atomic E-state index is 10.2. The fourth-order valence-corrected chi connectivity index (χ4v) is 3.54. The summed E-state index contributed by atoms with van der Waals surface area (Å²) in [4.78, 5) is 13.7. The van der Waals surface area contributed by atoms with Gasteiger partial charge in [-0.15, -0.1) is 0 Å². The number of anilines is 1. The second-order valence-corrected chi connectivity index (χ2v) is 7.79. The van der Waals surface area contributed by atoms with E-state index < -0.39 is 11.2 Å². The number of likely N-dealkylation sites (tertiary alicyclic amines) is 1. The van der Waals surface area contributed by atoms with Crippen LogP contribution in [0.2, 0.25) is 0 Å². The van der Waals surface area contributed by atoms with E-state index in [4.69, 9.17) is 4.98 Å². The molecule has 0 aromatic carbocycles. The molecule has 0 saturated carbocycles. The molecule has 1 aromatic heterocycles. The normalized spacial score (nSPS) is 33.4. The van der Waals surface area contributed by atoms with Gasteiger partial charge in [-0.2, -0.15) is 0 Å². The lowest BCUT2D eigenvalue weighted by molar-refractivity contribution is 0.0627. The lowest BCUT2D eigenvalue weighted by Crippen LogP contribution is -2.33. The van der Waals surface area contributed by atoms with Crippen molar-refractivity contribution in [3.05, 3.63) is 17.6 Å². The third-order valence-corrected chi connectivity index (χ3v) is 5.04. The Hall–Kier alpha value is -1.24. The van der Waals surface area contributed by atoms with Gasteiger partial charge in [0.1, 0.15) is 11.6 Å². The van der Waals surface area contributed by atoms with E-state index in [1.807, 2.05) is 26.8 Å². The van der Waals surface area contributed by atoms with Crippen molar-refractivity contribution in [2.24, 2.45) is 0 Å². The van der Waals surface area contributed by atoms with Crippen molar-refractivity contribution in [1.82, 2.24) is 14.9 Å². The van der Waals surface area contributed by atoms with Gasteiger partial charge in [0.05, 0.1) is 17.2 Å². The zero-order valence-corrected chi connectivity index (χ0v) is 14.6. The molecule has 3 heterocycles. The maximum Gasteiger partial charge on any atom is 0.147 e. The highest BCUT2D eigenvalue weighted by molar-refractivity contribution is 5.42. The summed E-state index contributed by atoms with van der Waals surface area (Å²) < 4.78 is 0. The Labute approximate surface area is 138 Å². The topological polar surface area (TPSA) is 72.7 Å². The molecule has 2 fully saturated rings. The number of rotatable bonds is 3. The molecular weight excluding hydrogens is 292 g/mol. The summed E-state index contributed by atoms with van der Waals surface area (Å²) in [5, 5.41) is 20.4. The van der Waals surface area contributed by atoms with E-state index in [2.05, 4.69) is 21.7 Å². The number of aryl methyl sites for hydroxylation is 1. The minimum Gasteiger partial charge on any atom is -0.389 e. The predicted molar refractivity (Wildman–Crippen MR) is 89.5 cm³/mol. The summed E-state index contributed by atoms with van der Waals surface area (Å²) >= 11 is 0. The van der Waals surface area contributed by atoms with Crippen LogP contribution >= 0.6 is 0 Å². The number of hydrogen-bond donors (Lipinski definition) is 2. The van der Waals surface area contributed by atoms with Crippen LogP contribution in [-0.2, 0) is 0 Å². The molecule has 2 N–H and O–H groups in total. The average Bonchev–Trinajstić information content (AvgIpc) is 2.99. The van der Waals surface area contributed by atoms with Crippen molar-refractivity contribution < 1.29 is 10.2 Å². The third kappa shape index (κ3) is 3.65. The van der Waals surface area contributed by atoms with Crippen molar-refractivity contribution >= 4 is 5.82 Å². The van der Waals surface area contributed by atoms with Crippen LogP contribution in [0.15, 0.2) is 6.07 Å². The Morgan fingerprint density at radius 3 is 2.30 bits per heavy atom. The Bertz CT molecular complexity index is 588. The van der Waals surface area contributed by atoms with E-state index in [1.54, 1.807) is 0 Å². The number of hydrogen-bond acceptors (Lipinski definition) is 6. The Balaban J connectivity index is 1.81. The summed E-state index contributed by atoms with van der Waals surface area (Å²) in [5.41, 5.74) is -0.318. The van der Waals surface area contributed by atoms with Crippen molar-refractivity contribution in [1.29, 1.82) is 0 Å². The summed E-state index contributed by atoms with van der Waals surface area (Å²) in [6.07, 6.45) is 1.54. The van der Waals surface area contributed by atoms with Gasteiger partial charge in [0.15, 0.2) is 0 Å². The molecule has 0 aliphatic carbocycles. The summed E-state index contributed by atoms with van der Waals surface area (Å²) in [6.45, 7) is 10.8. The first kappa shape index (κ1) is 16.6. The zero-order valence-electron chi connectivity index (χ0n) is 14.6. The van der Waals surface area contributed by atoms with Crippen molar-refractivity contribution in [2.45, 2.75) is 57.8 Å². The fourth-order valence-electron chi connectivity index (χ4n) is 3.54. The van der Waals surface area contributed by atoms with Crippen LogP contribution in [0.25, 0.3) is 0 Å². The van der Waals surface area contributed by atoms with Gasteiger partial charge in [-0.25, -0.2) is 9.97 Å². The van der Waals surface area contributed by atoms with Crippen LogP contribution < -0.4 is 4.90 Å². The molecule has 2 aliphatic heterocycles. The predicted octanol–water partition coefficient (Wildman–Crippen LogP) is 1.26. The van der Waals surface area contributed by atoms with E-state index in [-0.39, 0.29) is 6.04 Å². The second-order valence-electron chi connectivity index (χ2n) is 7.79. The second kappa shape index (κ2) is 5.69. The molecule has 6 heteroatoms. The maximum absolute atomic E-state index is 10.2. The molecule has 2 saturated heterocycles. The summed E-state index contributed by atoms with van der Waals surface area (Å²) in [7, 11) is 0. The molecule has 1 aromatic rings. The van der Waals surface area contributed by atoms with Crippen LogP contribution in [0.4, 0.5) is 5.82 Å². The molecule has 23 heavy (non-hydrogen) atoms. The summed E-state index contributed by atoms with van der Waals surface area (Å²) in [5.74, 6) is 1.69. The Morgan fingerprint density at radius 2 is 1.74 bits per heavy atom. The lowest BCUT2D eigenvalue weighted by atomic mass is 10.1. The van der Waals surface area contributed by atoms with Gasteiger partial charge in [-0.3, -0.25) is 4.90 Å². The number of β-amino-alcohol motifs (C(OH)–C–C–N with tert-alkyl or cyclic N) is 2. The first-order chi connectivity index (χ1) is 10.7. The van der Waals surface area contributed by atoms with E-state index >= 15 is 0 Å². The smallest absolute Gasteiger partial charge is 0.147 e. The van der Waals surface area contributed by atoms with Crippen molar-refractivity contribution in [3.63, 3.8) is 0 Å². The molecule has 6 nitrogen and oxygen atoms in total. The van der Waals surface area contributed by atoms with Gasteiger partial charge in [0.2, 0.25) is 0 Å². The van der Waals surface area contributed by atoms with Crippen LogP contribution in [-0.4, -0.2) is 62.5 Å². The number of aromatic nitrogens is 2. The molecule has 0 spiro atoms. The highest BCUT2D eigenvalue weighted by atomic mass is 16.3. The van der Waals surface area contributed by atoms with Gasteiger partial charge in [0.25, 0.3) is 0 Å². The van der Waals surface area contributed by atoms with Crippen LogP contribution in [0, 0.1) is 6.92 Å². The van der Waals surface area contributed by atoms with Crippen LogP contribution in [0.1, 0.15) is 51.2 Å². The lowest BCUT2D eigenvalue weighted by Gasteiger charge is -2.26. The first-order valence-electron chi connectivity index (χ1n) is 8.45. The monoisotopic (exact) mass is 320 g/mol. The minimum absolute atomic E-state index is 0.0748. The standard InChI is InChI=1S/C17H28N4O2/c1-12-9-14(21-8-6-17(4,23)11-21)19-15(18-12)13(2)20-7-5-16(3,22)10-20/h9,13,22-23H,5-8,10-11H2,1-4H3. The van der Waals surface area contributed by atoms with Crippen molar-refractivity contribution in [3.8, 4) is 0 Å². The molecular formula is C17H28N4O2. The Morgan fingerprint density at radius 1 is 1.09 bits per heavy atom. The van der Waals surface area contributed by atoms with Gasteiger partial charge >= 0.3 is 0 Å². The molecule has 3 rings (SSSR count). The van der Waals surface area contributed by atoms with E-state index in [9.17, 15) is 10.2 Å². The number of nitrogens with zero attached hydrogens (tertiary/aromatic N) is 4. The molecule has 3 unspecified atom stereocenters. The van der Waals surface area contributed by atoms with Crippen LogP contribution in [0.5, 0.6) is 0 Å². The Kier molecular flexibility index (Phi) is 4.11. The highest BCUT2D eigenvalue weighted by Gasteiger charge is 2.36. The largest absolute Gasteiger partial charge is 0.389 e. The van der Waals surface area contributed by atoms with E-state index in [1.165, 1.54) is 0 Å². The quantitative estimate of drug-likeness (QED) is 0.874. The van der Waals surface area contributed by atoms with Gasteiger partial charge in [0, 0.05) is 37.9 Å². The minimum atomic E-state index is -0.641. The van der Waals surface area contributed by atoms with Gasteiger partial charge in [-0.1, -0.05) is 0 Å². The molecule has 3 atom stereocenters. The molecule has 2 aliphatic rings. The highest BCUT2D eigenvalue weighted by Crippen LogP contribution is 2.30. The molecule has 0 radical (unpaired) electrons. The first-order valence-corrected chi connectivity index (χ1v) is 8.45. The van der Waals surface area contributed by atoms with Gasteiger partial charge < -0.3 is 15.1 Å². The molecule has 0 amide bonds. The third-order valence-electron chi connectivity index (χ3n) is 5.04. The zero-order chi connectivity index (χ0) is 16.8.